The van der Waals surface area contributed by atoms with Crippen molar-refractivity contribution in [3.63, 3.8) is 0 Å². The van der Waals surface area contributed by atoms with Crippen LogP contribution in [0.15, 0.2) is 48.5 Å². The molecule has 0 unspecified atom stereocenters. The molecule has 1 heterocycles. The van der Waals surface area contributed by atoms with E-state index in [1.165, 1.54) is 38.6 Å². The summed E-state index contributed by atoms with van der Waals surface area (Å²) >= 11 is 0. The van der Waals surface area contributed by atoms with Crippen LogP contribution in [0.2, 0.25) is 0 Å². The molecule has 0 bridgehead atoms. The van der Waals surface area contributed by atoms with Crippen LogP contribution in [0.25, 0.3) is 10.8 Å². The van der Waals surface area contributed by atoms with Gasteiger partial charge in [-0.05, 0) is 66.8 Å². The molecule has 0 amide bonds. The number of hydrogen-bond acceptors (Lipinski definition) is 1. The van der Waals surface area contributed by atoms with Gasteiger partial charge in [0, 0.05) is 12.0 Å². The lowest BCUT2D eigenvalue weighted by Crippen LogP contribution is -1.87. The number of hydrogen-bond donors (Lipinski definition) is 0. The van der Waals surface area contributed by atoms with E-state index in [0.29, 0.717) is 0 Å². The Kier molecular flexibility index (Phi) is 6.64. The molecular weight excluding hydrogens is 304 g/mol. The highest BCUT2D eigenvalue weighted by atomic mass is 16.5. The molecule has 0 atom stereocenters. The van der Waals surface area contributed by atoms with Gasteiger partial charge in [0.1, 0.15) is 5.75 Å². The van der Waals surface area contributed by atoms with Gasteiger partial charge < -0.3 is 4.74 Å². The van der Waals surface area contributed by atoms with Gasteiger partial charge in [-0.25, -0.2) is 0 Å². The third-order valence-electron chi connectivity index (χ3n) is 4.91. The lowest BCUT2D eigenvalue weighted by molar-refractivity contribution is 0.357. The van der Waals surface area contributed by atoms with Gasteiger partial charge in [-0.2, -0.15) is 0 Å². The molecule has 25 heavy (non-hydrogen) atoms. The molecule has 1 nitrogen and oxygen atoms in total. The molecule has 3 aromatic rings. The van der Waals surface area contributed by atoms with Crippen LogP contribution >= 0.6 is 0 Å². The van der Waals surface area contributed by atoms with E-state index in [9.17, 15) is 0 Å². The highest BCUT2D eigenvalue weighted by Gasteiger charge is 2.14. The average molecular weight is 335 g/mol. The van der Waals surface area contributed by atoms with Crippen molar-refractivity contribution in [2.75, 3.05) is 6.61 Å². The zero-order valence-electron chi connectivity index (χ0n) is 16.4. The predicted octanol–water partition coefficient (Wildman–Crippen LogP) is 6.72. The van der Waals surface area contributed by atoms with Crippen molar-refractivity contribution in [1.29, 1.82) is 0 Å². The molecule has 0 N–H and O–H groups in total. The third-order valence-corrected chi connectivity index (χ3v) is 4.91. The molecule has 0 saturated heterocycles. The predicted molar refractivity (Wildman–Crippen MR) is 110 cm³/mol. The van der Waals surface area contributed by atoms with Gasteiger partial charge in [-0.3, -0.25) is 0 Å². The summed E-state index contributed by atoms with van der Waals surface area (Å²) in [4.78, 5) is 0. The van der Waals surface area contributed by atoms with Crippen molar-refractivity contribution < 1.29 is 4.74 Å². The summed E-state index contributed by atoms with van der Waals surface area (Å²) in [6, 6.07) is 17.1. The molecule has 0 spiro atoms. The summed E-state index contributed by atoms with van der Waals surface area (Å²) in [5, 5.41) is 2.71. The highest BCUT2D eigenvalue weighted by Crippen LogP contribution is 2.29. The Morgan fingerprint density at radius 1 is 0.720 bits per heavy atom. The first-order chi connectivity index (χ1) is 12.1. The van der Waals surface area contributed by atoms with Crippen LogP contribution in [0.3, 0.4) is 0 Å². The number of fused-ring (bicyclic) bond motifs is 2. The molecule has 0 fully saturated rings. The van der Waals surface area contributed by atoms with Crippen LogP contribution in [-0.4, -0.2) is 6.61 Å². The first kappa shape index (κ1) is 19.1. The van der Waals surface area contributed by atoms with Crippen LogP contribution in [0, 0.1) is 27.7 Å². The summed E-state index contributed by atoms with van der Waals surface area (Å²) in [6.07, 6.45) is 1.09. The lowest BCUT2D eigenvalue weighted by Gasteiger charge is -2.04. The molecular formula is C24H30O. The molecule has 0 aliphatic carbocycles. The molecule has 3 aromatic carbocycles. The van der Waals surface area contributed by atoms with Gasteiger partial charge in [0.15, 0.2) is 0 Å². The van der Waals surface area contributed by atoms with Crippen LogP contribution < -0.4 is 4.74 Å². The zero-order chi connectivity index (χ0) is 18.4. The second-order valence-electron chi connectivity index (χ2n) is 6.31. The fourth-order valence-corrected chi connectivity index (χ4v) is 3.09. The zero-order valence-corrected chi connectivity index (χ0v) is 16.4. The van der Waals surface area contributed by atoms with Gasteiger partial charge in [0.05, 0.1) is 6.61 Å². The fourth-order valence-electron chi connectivity index (χ4n) is 3.09. The van der Waals surface area contributed by atoms with Crippen LogP contribution in [0.1, 0.15) is 41.7 Å². The van der Waals surface area contributed by atoms with Gasteiger partial charge in [0.25, 0.3) is 0 Å². The van der Waals surface area contributed by atoms with Crippen LogP contribution in [0.4, 0.5) is 0 Å². The summed E-state index contributed by atoms with van der Waals surface area (Å²) in [5.74, 6) is 1.09. The van der Waals surface area contributed by atoms with Gasteiger partial charge in [-0.15, -0.1) is 0 Å². The maximum Gasteiger partial charge on any atom is 0.122 e. The second-order valence-corrected chi connectivity index (χ2v) is 6.31. The monoisotopic (exact) mass is 334 g/mol. The Hall–Kier alpha value is -2.28. The molecule has 0 saturated carbocycles. The maximum absolute atomic E-state index is 5.43. The standard InChI is InChI=1S/C12H12.C10H12O.C2H6/c1-9-7-8-11-5-3-4-6-12(11)10(9)2;1-7-3-4-10-9(8(7)2)5-6-11-10;1-2/h3-8H,1-2H3;3-4H,5-6H2,1-2H3;1-2H3. The molecule has 1 aliphatic rings. The highest BCUT2D eigenvalue weighted by molar-refractivity contribution is 5.86. The van der Waals surface area contributed by atoms with E-state index in [4.69, 9.17) is 4.74 Å². The van der Waals surface area contributed by atoms with Crippen molar-refractivity contribution >= 4 is 10.8 Å². The number of rotatable bonds is 0. The molecule has 1 aliphatic heterocycles. The Morgan fingerprint density at radius 3 is 2.12 bits per heavy atom. The van der Waals surface area contributed by atoms with Crippen molar-refractivity contribution in [2.24, 2.45) is 0 Å². The topological polar surface area (TPSA) is 9.23 Å². The average Bonchev–Trinajstić information content (AvgIpc) is 3.13. The van der Waals surface area contributed by atoms with Gasteiger partial charge >= 0.3 is 0 Å². The van der Waals surface area contributed by atoms with E-state index >= 15 is 0 Å². The minimum absolute atomic E-state index is 0.861. The van der Waals surface area contributed by atoms with E-state index in [1.54, 1.807) is 0 Å². The second kappa shape index (κ2) is 8.71. The van der Waals surface area contributed by atoms with E-state index in [2.05, 4.69) is 76.2 Å². The Bertz CT molecular complexity index is 846. The summed E-state index contributed by atoms with van der Waals surface area (Å²) in [6.45, 7) is 13.5. The van der Waals surface area contributed by atoms with Crippen molar-refractivity contribution in [1.82, 2.24) is 0 Å². The van der Waals surface area contributed by atoms with E-state index in [0.717, 1.165) is 18.8 Å². The quantitative estimate of drug-likeness (QED) is 0.443. The first-order valence-electron chi connectivity index (χ1n) is 9.25. The van der Waals surface area contributed by atoms with Crippen molar-refractivity contribution in [3.05, 3.63) is 76.3 Å². The number of ether oxygens (including phenoxy) is 1. The Morgan fingerprint density at radius 2 is 1.36 bits per heavy atom. The van der Waals surface area contributed by atoms with E-state index in [1.807, 2.05) is 13.8 Å². The van der Waals surface area contributed by atoms with Crippen molar-refractivity contribution in [3.8, 4) is 5.75 Å². The molecule has 1 heteroatoms. The maximum atomic E-state index is 5.43. The largest absolute Gasteiger partial charge is 0.493 e. The summed E-state index contributed by atoms with van der Waals surface area (Å²) in [5.41, 5.74) is 6.95. The molecule has 4 rings (SSSR count). The van der Waals surface area contributed by atoms with Crippen molar-refractivity contribution in [2.45, 2.75) is 48.0 Å². The number of benzene rings is 3. The lowest BCUT2D eigenvalue weighted by atomic mass is 10.0. The third kappa shape index (κ3) is 4.22. The van der Waals surface area contributed by atoms with E-state index in [-0.39, 0.29) is 0 Å². The molecule has 132 valence electrons. The Balaban J connectivity index is 0.000000165. The summed E-state index contributed by atoms with van der Waals surface area (Å²) in [7, 11) is 0. The minimum Gasteiger partial charge on any atom is -0.493 e. The van der Waals surface area contributed by atoms with Gasteiger partial charge in [0.2, 0.25) is 0 Å². The van der Waals surface area contributed by atoms with Crippen LogP contribution in [-0.2, 0) is 6.42 Å². The number of aryl methyl sites for hydroxylation is 3. The minimum atomic E-state index is 0.861. The Labute approximate surface area is 152 Å². The fraction of sp³-hybridized carbons (Fsp3) is 0.333. The smallest absolute Gasteiger partial charge is 0.122 e. The first-order valence-corrected chi connectivity index (χ1v) is 9.25. The molecule has 0 aromatic heterocycles. The van der Waals surface area contributed by atoms with Crippen LogP contribution in [0.5, 0.6) is 5.75 Å². The van der Waals surface area contributed by atoms with E-state index < -0.39 is 0 Å². The normalized spacial score (nSPS) is 11.6. The molecule has 0 radical (unpaired) electrons. The van der Waals surface area contributed by atoms with Gasteiger partial charge in [-0.1, -0.05) is 56.3 Å². The SMILES string of the molecule is CC.Cc1ccc2c(c1C)CCO2.Cc1ccc2ccccc2c1C. The summed E-state index contributed by atoms with van der Waals surface area (Å²) < 4.78 is 5.43.